The molecule has 2 unspecified atom stereocenters. The van der Waals surface area contributed by atoms with Gasteiger partial charge in [0.2, 0.25) is 0 Å². The van der Waals surface area contributed by atoms with Gasteiger partial charge in [0, 0.05) is 22.6 Å². The minimum atomic E-state index is -0.123. The molecule has 2 aromatic rings. The monoisotopic (exact) mass is 466 g/mol. The van der Waals surface area contributed by atoms with Crippen LogP contribution in [0.25, 0.3) is 10.9 Å². The van der Waals surface area contributed by atoms with E-state index in [2.05, 4.69) is 13.0 Å². The predicted molar refractivity (Wildman–Crippen MR) is 128 cm³/mol. The van der Waals surface area contributed by atoms with Gasteiger partial charge in [-0.05, 0) is 51.2 Å². The van der Waals surface area contributed by atoms with Gasteiger partial charge in [0.25, 0.3) is 0 Å². The number of unbranched alkanes of at least 4 members (excludes halogenated alkanes) is 3. The molecule has 0 N–H and O–H groups in total. The van der Waals surface area contributed by atoms with Crippen LogP contribution in [-0.4, -0.2) is 34.7 Å². The lowest BCUT2D eigenvalue weighted by atomic mass is 10.1. The maximum Gasteiger partial charge on any atom is 0.309 e. The number of halogens is 1. The third-order valence-electron chi connectivity index (χ3n) is 5.89. The zero-order valence-corrected chi connectivity index (χ0v) is 20.6. The van der Waals surface area contributed by atoms with Gasteiger partial charge in [-0.2, -0.15) is 5.10 Å². The Morgan fingerprint density at radius 1 is 1.32 bits per heavy atom. The number of hydrogen-bond donors (Lipinski definition) is 0. The summed E-state index contributed by atoms with van der Waals surface area (Å²) in [4.78, 5) is 13.4. The van der Waals surface area contributed by atoms with Crippen LogP contribution in [0.2, 0.25) is 5.02 Å². The number of nitrogens with zero attached hydrogens (tertiary/aromatic N) is 2. The zero-order chi connectivity index (χ0) is 22.2. The molecule has 0 amide bonds. The molecule has 0 aliphatic carbocycles. The van der Waals surface area contributed by atoms with Gasteiger partial charge in [-0.3, -0.25) is 4.79 Å². The van der Waals surface area contributed by atoms with Crippen LogP contribution >= 0.6 is 23.4 Å². The van der Waals surface area contributed by atoms with E-state index in [1.165, 1.54) is 12.8 Å². The molecular weight excluding hydrogens is 432 g/mol. The molecule has 0 saturated carbocycles. The summed E-state index contributed by atoms with van der Waals surface area (Å²) >= 11 is 8.43. The highest BCUT2D eigenvalue weighted by Crippen LogP contribution is 2.38. The average molecular weight is 467 g/mol. The molecule has 0 radical (unpaired) electrons. The first-order chi connectivity index (χ1) is 15.1. The molecule has 2 heterocycles. The molecule has 1 fully saturated rings. The number of hydrogen-bond acceptors (Lipinski definition) is 5. The Bertz CT molecular complexity index is 864. The summed E-state index contributed by atoms with van der Waals surface area (Å²) in [6.45, 7) is 7.50. The van der Waals surface area contributed by atoms with Crippen molar-refractivity contribution in [2.75, 3.05) is 19.0 Å². The fourth-order valence-electron chi connectivity index (χ4n) is 3.96. The van der Waals surface area contributed by atoms with Gasteiger partial charge in [0.15, 0.2) is 6.23 Å². The Morgan fingerprint density at radius 2 is 2.16 bits per heavy atom. The second-order valence-corrected chi connectivity index (χ2v) is 9.71. The number of carbonyl (C=O) groups is 1. The standard InChI is InChI=1S/C24H35ClN2O3S/c1-4-6-7-9-15-30-24(28)18(5-2)16-31-20-13-12-19-22(23(20)25)17(3)26-27(19)21-11-8-10-14-29-21/h12-13,18,21H,4-11,14-16H2,1-3H3. The van der Waals surface area contributed by atoms with Gasteiger partial charge in [-0.15, -0.1) is 11.8 Å². The Balaban J connectivity index is 1.65. The van der Waals surface area contributed by atoms with Crippen molar-refractivity contribution in [3.05, 3.63) is 22.8 Å². The molecule has 7 heteroatoms. The first kappa shape index (κ1) is 24.4. The Kier molecular flexibility index (Phi) is 9.54. The fourth-order valence-corrected chi connectivity index (χ4v) is 5.56. The molecule has 1 aliphatic rings. The zero-order valence-electron chi connectivity index (χ0n) is 19.0. The smallest absolute Gasteiger partial charge is 0.309 e. The molecule has 3 rings (SSSR count). The van der Waals surface area contributed by atoms with Crippen LogP contribution in [0.15, 0.2) is 17.0 Å². The van der Waals surface area contributed by atoms with Crippen LogP contribution in [0.3, 0.4) is 0 Å². The molecule has 1 saturated heterocycles. The molecule has 172 valence electrons. The molecule has 2 atom stereocenters. The number of ether oxygens (including phenoxy) is 2. The lowest BCUT2D eigenvalue weighted by molar-refractivity contribution is -0.147. The lowest BCUT2D eigenvalue weighted by Gasteiger charge is -2.23. The summed E-state index contributed by atoms with van der Waals surface area (Å²) in [6.07, 6.45) is 8.41. The van der Waals surface area contributed by atoms with E-state index in [1.54, 1.807) is 11.8 Å². The van der Waals surface area contributed by atoms with E-state index in [4.69, 9.17) is 26.2 Å². The van der Waals surface area contributed by atoms with Crippen LogP contribution in [0, 0.1) is 12.8 Å². The third-order valence-corrected chi connectivity index (χ3v) is 7.61. The number of rotatable bonds is 11. The average Bonchev–Trinajstić information content (AvgIpc) is 3.13. The second-order valence-electron chi connectivity index (χ2n) is 8.27. The normalized spacial score (nSPS) is 17.7. The number of thioether (sulfide) groups is 1. The minimum absolute atomic E-state index is 0.0175. The first-order valence-corrected chi connectivity index (χ1v) is 13.0. The number of aryl methyl sites for hydroxylation is 1. The highest BCUT2D eigenvalue weighted by atomic mass is 35.5. The summed E-state index contributed by atoms with van der Waals surface area (Å²) in [7, 11) is 0. The lowest BCUT2D eigenvalue weighted by Crippen LogP contribution is -2.20. The number of benzene rings is 1. The maximum absolute atomic E-state index is 12.5. The van der Waals surface area contributed by atoms with Gasteiger partial charge in [-0.1, -0.05) is 44.7 Å². The predicted octanol–water partition coefficient (Wildman–Crippen LogP) is 6.94. The molecule has 1 aromatic carbocycles. The van der Waals surface area contributed by atoms with Gasteiger partial charge < -0.3 is 9.47 Å². The topological polar surface area (TPSA) is 53.3 Å². The van der Waals surface area contributed by atoms with Crippen LogP contribution < -0.4 is 0 Å². The van der Waals surface area contributed by atoms with Crippen molar-refractivity contribution >= 4 is 40.2 Å². The van der Waals surface area contributed by atoms with Crippen molar-refractivity contribution in [3.8, 4) is 0 Å². The maximum atomic E-state index is 12.5. The Labute approximate surface area is 195 Å². The van der Waals surface area contributed by atoms with E-state index in [0.29, 0.717) is 17.4 Å². The van der Waals surface area contributed by atoms with E-state index in [0.717, 1.165) is 66.6 Å². The van der Waals surface area contributed by atoms with Crippen molar-refractivity contribution in [2.45, 2.75) is 83.3 Å². The molecule has 0 bridgehead atoms. The minimum Gasteiger partial charge on any atom is -0.465 e. The molecule has 1 aliphatic heterocycles. The van der Waals surface area contributed by atoms with Crippen LogP contribution in [0.4, 0.5) is 0 Å². The molecule has 31 heavy (non-hydrogen) atoms. The summed E-state index contributed by atoms with van der Waals surface area (Å²) < 4.78 is 13.4. The second kappa shape index (κ2) is 12.1. The summed E-state index contributed by atoms with van der Waals surface area (Å²) in [5.41, 5.74) is 1.92. The van der Waals surface area contributed by atoms with E-state index in [1.807, 2.05) is 24.6 Å². The Hall–Kier alpha value is -1.24. The van der Waals surface area contributed by atoms with Crippen molar-refractivity contribution in [1.29, 1.82) is 0 Å². The number of aromatic nitrogens is 2. The van der Waals surface area contributed by atoms with Gasteiger partial charge >= 0.3 is 5.97 Å². The van der Waals surface area contributed by atoms with Crippen molar-refractivity contribution in [1.82, 2.24) is 9.78 Å². The van der Waals surface area contributed by atoms with E-state index in [-0.39, 0.29) is 18.1 Å². The summed E-state index contributed by atoms with van der Waals surface area (Å²) in [6, 6.07) is 4.12. The van der Waals surface area contributed by atoms with Gasteiger partial charge in [-0.25, -0.2) is 4.68 Å². The van der Waals surface area contributed by atoms with E-state index < -0.39 is 0 Å². The highest BCUT2D eigenvalue weighted by Gasteiger charge is 2.23. The van der Waals surface area contributed by atoms with Crippen molar-refractivity contribution in [2.24, 2.45) is 5.92 Å². The van der Waals surface area contributed by atoms with E-state index in [9.17, 15) is 4.79 Å². The van der Waals surface area contributed by atoms with Gasteiger partial charge in [0.05, 0.1) is 28.8 Å². The first-order valence-electron chi connectivity index (χ1n) is 11.6. The van der Waals surface area contributed by atoms with Crippen LogP contribution in [-0.2, 0) is 14.3 Å². The number of carbonyl (C=O) groups excluding carboxylic acids is 1. The highest BCUT2D eigenvalue weighted by molar-refractivity contribution is 7.99. The van der Waals surface area contributed by atoms with Crippen molar-refractivity contribution < 1.29 is 14.3 Å². The summed E-state index contributed by atoms with van der Waals surface area (Å²) in [5, 5.41) is 6.43. The summed E-state index contributed by atoms with van der Waals surface area (Å²) in [5.74, 6) is 0.443. The fraction of sp³-hybridized carbons (Fsp3) is 0.667. The third kappa shape index (κ3) is 6.17. The van der Waals surface area contributed by atoms with E-state index >= 15 is 0 Å². The largest absolute Gasteiger partial charge is 0.465 e. The molecule has 5 nitrogen and oxygen atoms in total. The van der Waals surface area contributed by atoms with Crippen LogP contribution in [0.5, 0.6) is 0 Å². The van der Waals surface area contributed by atoms with Crippen LogP contribution in [0.1, 0.15) is 77.1 Å². The molecule has 0 spiro atoms. The molecule has 1 aromatic heterocycles. The quantitative estimate of drug-likeness (QED) is 0.204. The van der Waals surface area contributed by atoms with Crippen molar-refractivity contribution in [3.63, 3.8) is 0 Å². The SMILES string of the molecule is CCCCCCOC(=O)C(CC)CSc1ccc2c(c(C)nn2C2CCCCO2)c1Cl. The number of fused-ring (bicyclic) bond motifs is 1. The Morgan fingerprint density at radius 3 is 2.87 bits per heavy atom. The number of esters is 1. The molecular formula is C24H35ClN2O3S. The van der Waals surface area contributed by atoms with Gasteiger partial charge in [0.1, 0.15) is 0 Å².